The molecule has 0 aliphatic heterocycles. The Kier molecular flexibility index (Phi) is 4.12. The zero-order valence-corrected chi connectivity index (χ0v) is 14.8. The molecule has 3 aromatic rings. The molecule has 0 saturated heterocycles. The standard InChI is InChI=1S/C19H13F2N3O2S/c20-13-8-16(21)24-14(3-2-11(9-22)17(13)24)12-10-23-7-4-15(12)27-19(18(25)26)5-1-6-19/h2-4,7-8,10H,1,5-6H2,(H,25,26). The Labute approximate surface area is 157 Å². The van der Waals surface area contributed by atoms with E-state index in [1.54, 1.807) is 6.07 Å². The molecule has 0 aromatic carbocycles. The average molecular weight is 385 g/mol. The Morgan fingerprint density at radius 1 is 1.33 bits per heavy atom. The summed E-state index contributed by atoms with van der Waals surface area (Å²) in [6.45, 7) is 0. The smallest absolute Gasteiger partial charge is 0.320 e. The predicted octanol–water partition coefficient (Wildman–Crippen LogP) is 4.25. The van der Waals surface area contributed by atoms with Gasteiger partial charge in [0.25, 0.3) is 0 Å². The summed E-state index contributed by atoms with van der Waals surface area (Å²) in [6.07, 6.45) is 4.95. The number of hydrogen-bond acceptors (Lipinski definition) is 4. The molecule has 0 amide bonds. The monoisotopic (exact) mass is 385 g/mol. The molecule has 1 fully saturated rings. The van der Waals surface area contributed by atoms with Gasteiger partial charge in [-0.05, 0) is 37.5 Å². The number of pyridine rings is 2. The van der Waals surface area contributed by atoms with Crippen LogP contribution in [0.15, 0.2) is 41.6 Å². The molecule has 3 heterocycles. The summed E-state index contributed by atoms with van der Waals surface area (Å²) in [5, 5.41) is 18.8. The van der Waals surface area contributed by atoms with E-state index in [1.165, 1.54) is 36.3 Å². The average Bonchev–Trinajstić information content (AvgIpc) is 2.92. The number of halogens is 2. The van der Waals surface area contributed by atoms with Gasteiger partial charge in [0.15, 0.2) is 5.82 Å². The molecule has 136 valence electrons. The molecule has 1 aliphatic carbocycles. The van der Waals surface area contributed by atoms with Crippen LogP contribution in [-0.4, -0.2) is 25.2 Å². The molecule has 0 radical (unpaired) electrons. The molecule has 0 bridgehead atoms. The Balaban J connectivity index is 1.91. The summed E-state index contributed by atoms with van der Waals surface area (Å²) in [5.74, 6) is -2.55. The van der Waals surface area contributed by atoms with E-state index >= 15 is 0 Å². The van der Waals surface area contributed by atoms with Crippen molar-refractivity contribution in [2.45, 2.75) is 28.9 Å². The van der Waals surface area contributed by atoms with E-state index < -0.39 is 22.5 Å². The molecule has 3 aromatic heterocycles. The SMILES string of the molecule is N#Cc1ccc(-c2cnccc2SC2(C(=O)O)CCC2)n2c(F)cc(F)c12. The van der Waals surface area contributed by atoms with Crippen molar-refractivity contribution in [3.63, 3.8) is 0 Å². The van der Waals surface area contributed by atoms with Crippen molar-refractivity contribution < 1.29 is 18.7 Å². The van der Waals surface area contributed by atoms with Crippen LogP contribution in [0.25, 0.3) is 16.8 Å². The topological polar surface area (TPSA) is 78.4 Å². The number of carboxylic acid groups (broad SMARTS) is 1. The van der Waals surface area contributed by atoms with Gasteiger partial charge in [-0.2, -0.15) is 9.65 Å². The molecule has 4 rings (SSSR count). The molecule has 0 atom stereocenters. The summed E-state index contributed by atoms with van der Waals surface area (Å²) in [4.78, 5) is 16.4. The van der Waals surface area contributed by atoms with Crippen molar-refractivity contribution in [3.8, 4) is 17.3 Å². The molecule has 1 N–H and O–H groups in total. The van der Waals surface area contributed by atoms with E-state index in [2.05, 4.69) is 4.98 Å². The van der Waals surface area contributed by atoms with E-state index in [-0.39, 0.29) is 11.1 Å². The first-order valence-electron chi connectivity index (χ1n) is 8.23. The lowest BCUT2D eigenvalue weighted by Crippen LogP contribution is -2.41. The molecule has 5 nitrogen and oxygen atoms in total. The quantitative estimate of drug-likeness (QED) is 0.726. The van der Waals surface area contributed by atoms with E-state index in [0.717, 1.165) is 16.9 Å². The Morgan fingerprint density at radius 3 is 2.74 bits per heavy atom. The zero-order valence-electron chi connectivity index (χ0n) is 13.9. The van der Waals surface area contributed by atoms with Crippen LogP contribution in [0.2, 0.25) is 0 Å². The third-order valence-electron chi connectivity index (χ3n) is 4.85. The van der Waals surface area contributed by atoms with Gasteiger partial charge in [0.2, 0.25) is 5.95 Å². The normalized spacial score (nSPS) is 15.3. The van der Waals surface area contributed by atoms with Crippen LogP contribution in [0.5, 0.6) is 0 Å². The maximum absolute atomic E-state index is 14.4. The first-order valence-corrected chi connectivity index (χ1v) is 9.05. The van der Waals surface area contributed by atoms with E-state index in [0.29, 0.717) is 29.0 Å². The number of thioether (sulfide) groups is 1. The highest BCUT2D eigenvalue weighted by atomic mass is 32.2. The van der Waals surface area contributed by atoms with Gasteiger partial charge in [-0.25, -0.2) is 4.39 Å². The van der Waals surface area contributed by atoms with Gasteiger partial charge >= 0.3 is 5.97 Å². The highest BCUT2D eigenvalue weighted by molar-refractivity contribution is 8.01. The minimum Gasteiger partial charge on any atom is -0.480 e. The van der Waals surface area contributed by atoms with Gasteiger partial charge < -0.3 is 5.11 Å². The number of nitriles is 1. The van der Waals surface area contributed by atoms with Gasteiger partial charge in [0.1, 0.15) is 16.3 Å². The number of aromatic nitrogens is 2. The summed E-state index contributed by atoms with van der Waals surface area (Å²) >= 11 is 1.20. The molecule has 0 unspecified atom stereocenters. The van der Waals surface area contributed by atoms with Crippen molar-refractivity contribution >= 4 is 23.2 Å². The van der Waals surface area contributed by atoms with Crippen molar-refractivity contribution in [1.82, 2.24) is 9.38 Å². The number of nitrogens with zero attached hydrogens (tertiary/aromatic N) is 3. The zero-order chi connectivity index (χ0) is 19.2. The molecule has 8 heteroatoms. The summed E-state index contributed by atoms with van der Waals surface area (Å²) in [6, 6.07) is 7.20. The number of fused-ring (bicyclic) bond motifs is 1. The molecule has 0 spiro atoms. The lowest BCUT2D eigenvalue weighted by molar-refractivity contribution is -0.142. The highest BCUT2D eigenvalue weighted by Crippen LogP contribution is 2.50. The largest absolute Gasteiger partial charge is 0.480 e. The number of hydrogen-bond donors (Lipinski definition) is 1. The van der Waals surface area contributed by atoms with Crippen LogP contribution in [0.3, 0.4) is 0 Å². The first-order chi connectivity index (χ1) is 13.0. The summed E-state index contributed by atoms with van der Waals surface area (Å²) in [5.41, 5.74) is 0.656. The van der Waals surface area contributed by atoms with Crippen LogP contribution in [0.1, 0.15) is 24.8 Å². The summed E-state index contributed by atoms with van der Waals surface area (Å²) < 4.78 is 28.7. The third kappa shape index (κ3) is 2.66. The lowest BCUT2D eigenvalue weighted by atomic mass is 9.84. The van der Waals surface area contributed by atoms with Crippen LogP contribution < -0.4 is 0 Å². The maximum atomic E-state index is 14.4. The molecule has 1 saturated carbocycles. The number of carboxylic acids is 1. The van der Waals surface area contributed by atoms with Gasteiger partial charge in [0.05, 0.1) is 11.3 Å². The van der Waals surface area contributed by atoms with Crippen LogP contribution in [0.4, 0.5) is 8.78 Å². The van der Waals surface area contributed by atoms with Crippen LogP contribution >= 0.6 is 11.8 Å². The molecule has 27 heavy (non-hydrogen) atoms. The summed E-state index contributed by atoms with van der Waals surface area (Å²) in [7, 11) is 0. The fourth-order valence-electron chi connectivity index (χ4n) is 3.28. The van der Waals surface area contributed by atoms with Crippen molar-refractivity contribution in [2.24, 2.45) is 0 Å². The number of aliphatic carboxylic acids is 1. The van der Waals surface area contributed by atoms with Crippen LogP contribution in [-0.2, 0) is 4.79 Å². The van der Waals surface area contributed by atoms with E-state index in [9.17, 15) is 23.9 Å². The predicted molar refractivity (Wildman–Crippen MR) is 95.3 cm³/mol. The van der Waals surface area contributed by atoms with E-state index in [4.69, 9.17) is 0 Å². The minimum absolute atomic E-state index is 0.0132. The van der Waals surface area contributed by atoms with Gasteiger partial charge in [0, 0.05) is 28.9 Å². The first kappa shape index (κ1) is 17.5. The van der Waals surface area contributed by atoms with Gasteiger partial charge in [-0.1, -0.05) is 0 Å². The highest BCUT2D eigenvalue weighted by Gasteiger charge is 2.46. The molecular weight excluding hydrogens is 372 g/mol. The maximum Gasteiger partial charge on any atom is 0.320 e. The van der Waals surface area contributed by atoms with Gasteiger partial charge in [-0.3, -0.25) is 14.2 Å². The number of carbonyl (C=O) groups is 1. The third-order valence-corrected chi connectivity index (χ3v) is 6.40. The van der Waals surface area contributed by atoms with Crippen LogP contribution in [0, 0.1) is 23.1 Å². The fraction of sp³-hybridized carbons (Fsp3) is 0.211. The fourth-order valence-corrected chi connectivity index (χ4v) is 4.68. The Hall–Kier alpha value is -2.92. The van der Waals surface area contributed by atoms with Crippen molar-refractivity contribution in [1.29, 1.82) is 5.26 Å². The second kappa shape index (κ2) is 6.35. The van der Waals surface area contributed by atoms with Crippen molar-refractivity contribution in [3.05, 3.63) is 54.0 Å². The second-order valence-corrected chi connectivity index (χ2v) is 7.80. The van der Waals surface area contributed by atoms with Crippen molar-refractivity contribution in [2.75, 3.05) is 0 Å². The Morgan fingerprint density at radius 2 is 2.11 bits per heavy atom. The van der Waals surface area contributed by atoms with E-state index in [1.807, 2.05) is 6.07 Å². The lowest BCUT2D eigenvalue weighted by Gasteiger charge is -2.37. The Bertz CT molecular complexity index is 1120. The molecular formula is C19H13F2N3O2S. The van der Waals surface area contributed by atoms with Gasteiger partial charge in [-0.15, -0.1) is 11.8 Å². The molecule has 1 aliphatic rings. The minimum atomic E-state index is -0.914. The number of rotatable bonds is 4. The second-order valence-electron chi connectivity index (χ2n) is 6.37.